The summed E-state index contributed by atoms with van der Waals surface area (Å²) >= 11 is 0. The molecule has 1 heterocycles. The number of nitrogens with zero attached hydrogens (tertiary/aromatic N) is 2. The van der Waals surface area contributed by atoms with Gasteiger partial charge < -0.3 is 15.6 Å². The number of nitrogens with one attached hydrogen (secondary N) is 1. The summed E-state index contributed by atoms with van der Waals surface area (Å²) in [4.78, 5) is 15.9. The summed E-state index contributed by atoms with van der Waals surface area (Å²) in [5, 5.41) is 3.27. The standard InChI is InChI=1S/C15H28N4O/c1-4-9-18-15(3,14(16)20)8-6-7-11-19-12-10-17-13(19)5-2/h10,12,18H,4-9,11H2,1-3H3,(H2,16,20). The number of imidazole rings is 1. The summed E-state index contributed by atoms with van der Waals surface area (Å²) in [6.45, 7) is 7.86. The highest BCUT2D eigenvalue weighted by Gasteiger charge is 2.29. The Hall–Kier alpha value is -1.36. The molecule has 114 valence electrons. The van der Waals surface area contributed by atoms with E-state index < -0.39 is 5.54 Å². The summed E-state index contributed by atoms with van der Waals surface area (Å²) in [7, 11) is 0. The molecule has 0 spiro atoms. The Labute approximate surface area is 122 Å². The van der Waals surface area contributed by atoms with Gasteiger partial charge >= 0.3 is 0 Å². The fourth-order valence-corrected chi connectivity index (χ4v) is 2.32. The first-order chi connectivity index (χ1) is 9.53. The topological polar surface area (TPSA) is 72.9 Å². The van der Waals surface area contributed by atoms with Crippen LogP contribution < -0.4 is 11.1 Å². The molecule has 0 saturated carbocycles. The zero-order valence-electron chi connectivity index (χ0n) is 13.0. The van der Waals surface area contributed by atoms with Crippen molar-refractivity contribution in [2.45, 2.75) is 65.0 Å². The van der Waals surface area contributed by atoms with Gasteiger partial charge in [-0.1, -0.05) is 13.8 Å². The van der Waals surface area contributed by atoms with Crippen molar-refractivity contribution in [1.82, 2.24) is 14.9 Å². The van der Waals surface area contributed by atoms with Crippen molar-refractivity contribution < 1.29 is 4.79 Å². The van der Waals surface area contributed by atoms with Gasteiger partial charge in [0.2, 0.25) is 5.91 Å². The first kappa shape index (κ1) is 16.7. The Morgan fingerprint density at radius 3 is 2.80 bits per heavy atom. The first-order valence-electron chi connectivity index (χ1n) is 7.58. The van der Waals surface area contributed by atoms with Crippen molar-refractivity contribution in [1.29, 1.82) is 0 Å². The van der Waals surface area contributed by atoms with E-state index in [4.69, 9.17) is 5.73 Å². The number of aromatic nitrogens is 2. The van der Waals surface area contributed by atoms with Gasteiger partial charge in [0.1, 0.15) is 5.82 Å². The van der Waals surface area contributed by atoms with Gasteiger partial charge in [-0.25, -0.2) is 4.98 Å². The SMILES string of the molecule is CCCNC(C)(CCCCn1ccnc1CC)C(N)=O. The molecule has 1 atom stereocenters. The Kier molecular flexibility index (Phi) is 6.71. The van der Waals surface area contributed by atoms with Crippen LogP contribution in [0.25, 0.3) is 0 Å². The molecule has 0 aliphatic rings. The normalized spacial score (nSPS) is 14.2. The van der Waals surface area contributed by atoms with Gasteiger partial charge in [-0.2, -0.15) is 0 Å². The second-order valence-electron chi connectivity index (χ2n) is 5.47. The molecule has 0 bridgehead atoms. The van der Waals surface area contributed by atoms with E-state index in [0.717, 1.165) is 51.0 Å². The fourth-order valence-electron chi connectivity index (χ4n) is 2.32. The lowest BCUT2D eigenvalue weighted by molar-refractivity contribution is -0.124. The average Bonchev–Trinajstić information content (AvgIpc) is 2.88. The van der Waals surface area contributed by atoms with E-state index in [9.17, 15) is 4.79 Å². The molecule has 1 unspecified atom stereocenters. The monoisotopic (exact) mass is 280 g/mol. The van der Waals surface area contributed by atoms with Crippen LogP contribution in [0.3, 0.4) is 0 Å². The third kappa shape index (κ3) is 4.63. The van der Waals surface area contributed by atoms with Crippen LogP contribution in [0.2, 0.25) is 0 Å². The van der Waals surface area contributed by atoms with Crippen LogP contribution in [0.4, 0.5) is 0 Å². The molecule has 1 rings (SSSR count). The quantitative estimate of drug-likeness (QED) is 0.643. The minimum Gasteiger partial charge on any atom is -0.368 e. The molecule has 0 aromatic carbocycles. The molecule has 1 aromatic heterocycles. The van der Waals surface area contributed by atoms with Crippen LogP contribution >= 0.6 is 0 Å². The molecule has 0 fully saturated rings. The second-order valence-corrected chi connectivity index (χ2v) is 5.47. The van der Waals surface area contributed by atoms with E-state index in [1.54, 1.807) is 0 Å². The van der Waals surface area contributed by atoms with Gasteiger partial charge in [0.15, 0.2) is 0 Å². The lowest BCUT2D eigenvalue weighted by atomic mass is 9.93. The lowest BCUT2D eigenvalue weighted by Crippen LogP contribution is -2.53. The zero-order chi connectivity index (χ0) is 15.0. The van der Waals surface area contributed by atoms with Crippen LogP contribution in [-0.4, -0.2) is 27.5 Å². The highest BCUT2D eigenvalue weighted by molar-refractivity contribution is 5.84. The number of rotatable bonds is 10. The number of hydrogen-bond acceptors (Lipinski definition) is 3. The maximum absolute atomic E-state index is 11.6. The summed E-state index contributed by atoms with van der Waals surface area (Å²) in [5.41, 5.74) is 4.93. The van der Waals surface area contributed by atoms with Gasteiger partial charge in [0, 0.05) is 25.4 Å². The van der Waals surface area contributed by atoms with E-state index >= 15 is 0 Å². The molecule has 20 heavy (non-hydrogen) atoms. The maximum Gasteiger partial charge on any atom is 0.237 e. The largest absolute Gasteiger partial charge is 0.368 e. The number of carbonyl (C=O) groups is 1. The number of primary amides is 1. The molecule has 5 heteroatoms. The third-order valence-corrected chi connectivity index (χ3v) is 3.75. The number of aryl methyl sites for hydroxylation is 2. The van der Waals surface area contributed by atoms with E-state index in [1.807, 2.05) is 19.3 Å². The molecule has 0 aliphatic carbocycles. The minimum atomic E-state index is -0.585. The number of nitrogens with two attached hydrogens (primary N) is 1. The Bertz CT molecular complexity index is 416. The summed E-state index contributed by atoms with van der Waals surface area (Å²) in [6, 6.07) is 0. The molecule has 0 aliphatic heterocycles. The van der Waals surface area contributed by atoms with Crippen LogP contribution in [0.5, 0.6) is 0 Å². The fraction of sp³-hybridized carbons (Fsp3) is 0.733. The number of carbonyl (C=O) groups excluding carboxylic acids is 1. The number of unbranched alkanes of at least 4 members (excludes halogenated alkanes) is 1. The first-order valence-corrected chi connectivity index (χ1v) is 7.58. The van der Waals surface area contributed by atoms with Crippen molar-refractivity contribution in [3.63, 3.8) is 0 Å². The smallest absolute Gasteiger partial charge is 0.237 e. The van der Waals surface area contributed by atoms with Crippen molar-refractivity contribution >= 4 is 5.91 Å². The molecule has 5 nitrogen and oxygen atoms in total. The van der Waals surface area contributed by atoms with Crippen LogP contribution in [0, 0.1) is 0 Å². The summed E-state index contributed by atoms with van der Waals surface area (Å²) < 4.78 is 2.18. The van der Waals surface area contributed by atoms with Crippen LogP contribution in [-0.2, 0) is 17.8 Å². The van der Waals surface area contributed by atoms with E-state index in [2.05, 4.69) is 28.7 Å². The molecule has 0 radical (unpaired) electrons. The molecule has 1 amide bonds. The second kappa shape index (κ2) is 8.04. The lowest BCUT2D eigenvalue weighted by Gasteiger charge is -2.27. The predicted octanol–water partition coefficient (Wildman–Crippen LogP) is 1.86. The maximum atomic E-state index is 11.6. The van der Waals surface area contributed by atoms with Gasteiger partial charge in [0.25, 0.3) is 0 Å². The van der Waals surface area contributed by atoms with E-state index in [0.29, 0.717) is 0 Å². The highest BCUT2D eigenvalue weighted by Crippen LogP contribution is 2.14. The zero-order valence-corrected chi connectivity index (χ0v) is 13.0. The third-order valence-electron chi connectivity index (χ3n) is 3.75. The van der Waals surface area contributed by atoms with E-state index in [-0.39, 0.29) is 5.91 Å². The molecule has 3 N–H and O–H groups in total. The van der Waals surface area contributed by atoms with Gasteiger partial charge in [-0.3, -0.25) is 4.79 Å². The van der Waals surface area contributed by atoms with Crippen molar-refractivity contribution in [2.24, 2.45) is 5.73 Å². The summed E-state index contributed by atoms with van der Waals surface area (Å²) in [5.74, 6) is 0.856. The summed E-state index contributed by atoms with van der Waals surface area (Å²) in [6.07, 6.45) is 8.58. The number of hydrogen-bond donors (Lipinski definition) is 2. The number of amides is 1. The van der Waals surface area contributed by atoms with Crippen molar-refractivity contribution in [2.75, 3.05) is 6.54 Å². The molecule has 1 aromatic rings. The Morgan fingerprint density at radius 2 is 2.20 bits per heavy atom. The van der Waals surface area contributed by atoms with Gasteiger partial charge in [0.05, 0.1) is 5.54 Å². The van der Waals surface area contributed by atoms with E-state index in [1.165, 1.54) is 0 Å². The van der Waals surface area contributed by atoms with Crippen molar-refractivity contribution in [3.8, 4) is 0 Å². The highest BCUT2D eigenvalue weighted by atomic mass is 16.1. The van der Waals surface area contributed by atoms with Crippen LogP contribution in [0.1, 0.15) is 52.3 Å². The van der Waals surface area contributed by atoms with Crippen LogP contribution in [0.15, 0.2) is 12.4 Å². The van der Waals surface area contributed by atoms with Crippen molar-refractivity contribution in [3.05, 3.63) is 18.2 Å². The van der Waals surface area contributed by atoms with Gasteiger partial charge in [-0.05, 0) is 39.2 Å². The average molecular weight is 280 g/mol. The molecular weight excluding hydrogens is 252 g/mol. The van der Waals surface area contributed by atoms with Gasteiger partial charge in [-0.15, -0.1) is 0 Å². The Morgan fingerprint density at radius 1 is 1.45 bits per heavy atom. The molecular formula is C15H28N4O. The minimum absolute atomic E-state index is 0.261. The molecule has 0 saturated heterocycles. The Balaban J connectivity index is 2.39. The predicted molar refractivity (Wildman–Crippen MR) is 81.3 cm³/mol.